The van der Waals surface area contributed by atoms with Gasteiger partial charge in [0.05, 0.1) is 24.9 Å². The first-order chi connectivity index (χ1) is 19.3. The predicted molar refractivity (Wildman–Crippen MR) is 150 cm³/mol. The third-order valence-corrected chi connectivity index (χ3v) is 6.79. The number of nitriles is 2. The molecule has 0 unspecified atom stereocenters. The highest BCUT2D eigenvalue weighted by Gasteiger charge is 2.18. The van der Waals surface area contributed by atoms with Crippen LogP contribution in [0.3, 0.4) is 0 Å². The molecule has 1 aromatic carbocycles. The minimum atomic E-state index is -0.388. The van der Waals surface area contributed by atoms with Crippen LogP contribution < -0.4 is 15.0 Å². The molecule has 9 heteroatoms. The van der Waals surface area contributed by atoms with Gasteiger partial charge >= 0.3 is 0 Å². The third kappa shape index (κ3) is 4.77. The first kappa shape index (κ1) is 26.2. The minimum Gasteiger partial charge on any atom is -0.496 e. The second kappa shape index (κ2) is 10.8. The Balaban J connectivity index is 1.56. The summed E-state index contributed by atoms with van der Waals surface area (Å²) in [5.74, 6) is 1.17. The van der Waals surface area contributed by atoms with E-state index in [2.05, 4.69) is 11.1 Å². The summed E-state index contributed by atoms with van der Waals surface area (Å²) in [5, 5.41) is 19.6. The minimum absolute atomic E-state index is 0.0630. The molecule has 0 aliphatic rings. The van der Waals surface area contributed by atoms with Gasteiger partial charge in [-0.1, -0.05) is 12.1 Å². The Morgan fingerprint density at radius 3 is 2.48 bits per heavy atom. The lowest BCUT2D eigenvalue weighted by Crippen LogP contribution is -2.23. The molecule has 4 aromatic heterocycles. The normalized spacial score (nSPS) is 10.8. The number of aromatic nitrogens is 4. The Hall–Kier alpha value is -5.41. The third-order valence-electron chi connectivity index (χ3n) is 6.79. The van der Waals surface area contributed by atoms with Crippen LogP contribution in [0.25, 0.3) is 22.2 Å². The standard InChI is InChI=1S/C31H26N6O3/c1-19-13-24(27-11-10-22(16-33)36(27)3)23-8-5-9-28(30(23)35-19)40-18-25-26(34-20(2)14-29(25)39-4)17-37-12-6-7-21(15-32)31(37)38/h5-14H,17-18H2,1-4H3. The number of hydrogen-bond acceptors (Lipinski definition) is 7. The van der Waals surface area contributed by atoms with E-state index in [0.717, 1.165) is 28.0 Å². The van der Waals surface area contributed by atoms with Crippen LogP contribution in [-0.2, 0) is 20.2 Å². The van der Waals surface area contributed by atoms with E-state index < -0.39 is 0 Å². The number of pyridine rings is 3. The lowest BCUT2D eigenvalue weighted by molar-refractivity contribution is 0.296. The van der Waals surface area contributed by atoms with Crippen LogP contribution in [0.2, 0.25) is 0 Å². The van der Waals surface area contributed by atoms with Gasteiger partial charge in [-0.25, -0.2) is 4.98 Å². The highest BCUT2D eigenvalue weighted by molar-refractivity contribution is 5.97. The first-order valence-corrected chi connectivity index (χ1v) is 12.6. The van der Waals surface area contributed by atoms with E-state index in [1.54, 1.807) is 25.4 Å². The van der Waals surface area contributed by atoms with Gasteiger partial charge in [-0.3, -0.25) is 9.78 Å². The number of methoxy groups -OCH3 is 1. The van der Waals surface area contributed by atoms with E-state index in [4.69, 9.17) is 14.5 Å². The Labute approximate surface area is 231 Å². The largest absolute Gasteiger partial charge is 0.496 e. The lowest BCUT2D eigenvalue weighted by atomic mass is 10.0. The second-order valence-electron chi connectivity index (χ2n) is 9.38. The Kier molecular flexibility index (Phi) is 7.05. The SMILES string of the molecule is COc1cc(C)nc(Cn2cccc(C#N)c2=O)c1COc1cccc2c(-c3ccc(C#N)n3C)cc(C)nc12. The Morgan fingerprint density at radius 1 is 0.950 bits per heavy atom. The molecular weight excluding hydrogens is 504 g/mol. The fourth-order valence-electron chi connectivity index (χ4n) is 4.83. The van der Waals surface area contributed by atoms with Crippen molar-refractivity contribution in [3.05, 3.63) is 105 Å². The van der Waals surface area contributed by atoms with Gasteiger partial charge in [-0.05, 0) is 50.2 Å². The van der Waals surface area contributed by atoms with Gasteiger partial charge in [0.2, 0.25) is 0 Å². The van der Waals surface area contributed by atoms with Crippen molar-refractivity contribution in [2.45, 2.75) is 27.0 Å². The fraction of sp³-hybridized carbons (Fsp3) is 0.194. The van der Waals surface area contributed by atoms with Crippen molar-refractivity contribution < 1.29 is 9.47 Å². The molecule has 0 aliphatic carbocycles. The van der Waals surface area contributed by atoms with Crippen LogP contribution in [0.1, 0.15) is 33.9 Å². The van der Waals surface area contributed by atoms with Crippen LogP contribution in [0.15, 0.2) is 65.6 Å². The van der Waals surface area contributed by atoms with Gasteiger partial charge in [0.25, 0.3) is 5.56 Å². The summed E-state index contributed by atoms with van der Waals surface area (Å²) in [7, 11) is 3.45. The summed E-state index contributed by atoms with van der Waals surface area (Å²) in [6.07, 6.45) is 1.63. The molecule has 198 valence electrons. The van der Waals surface area contributed by atoms with Gasteiger partial charge in [-0.2, -0.15) is 10.5 Å². The molecule has 0 fully saturated rings. The van der Waals surface area contributed by atoms with Crippen molar-refractivity contribution in [2.24, 2.45) is 7.05 Å². The summed E-state index contributed by atoms with van der Waals surface area (Å²) >= 11 is 0. The zero-order chi connectivity index (χ0) is 28.4. The summed E-state index contributed by atoms with van der Waals surface area (Å²) in [6.45, 7) is 4.04. The van der Waals surface area contributed by atoms with Crippen LogP contribution in [0, 0.1) is 36.5 Å². The second-order valence-corrected chi connectivity index (χ2v) is 9.38. The van der Waals surface area contributed by atoms with Crippen LogP contribution >= 0.6 is 0 Å². The number of hydrogen-bond donors (Lipinski definition) is 0. The molecular formula is C31H26N6O3. The number of fused-ring (bicyclic) bond motifs is 1. The lowest BCUT2D eigenvalue weighted by Gasteiger charge is -2.17. The van der Waals surface area contributed by atoms with Crippen LogP contribution in [0.4, 0.5) is 0 Å². The number of aryl methyl sites for hydroxylation is 2. The number of ether oxygens (including phenoxy) is 2. The maximum absolute atomic E-state index is 12.7. The molecule has 0 saturated carbocycles. The highest BCUT2D eigenvalue weighted by Crippen LogP contribution is 2.35. The van der Waals surface area contributed by atoms with E-state index in [1.165, 1.54) is 10.6 Å². The predicted octanol–water partition coefficient (Wildman–Crippen LogP) is 4.79. The summed E-state index contributed by atoms with van der Waals surface area (Å²) in [4.78, 5) is 22.2. The summed E-state index contributed by atoms with van der Waals surface area (Å²) < 4.78 is 15.3. The van der Waals surface area contributed by atoms with E-state index in [-0.39, 0.29) is 24.3 Å². The van der Waals surface area contributed by atoms with Crippen LogP contribution in [-0.4, -0.2) is 26.2 Å². The van der Waals surface area contributed by atoms with E-state index in [1.807, 2.05) is 67.9 Å². The first-order valence-electron chi connectivity index (χ1n) is 12.6. The molecule has 0 aliphatic heterocycles. The molecule has 0 atom stereocenters. The zero-order valence-corrected chi connectivity index (χ0v) is 22.6. The van der Waals surface area contributed by atoms with Gasteiger partial charge in [0.1, 0.15) is 47.0 Å². The van der Waals surface area contributed by atoms with E-state index in [9.17, 15) is 15.3 Å². The highest BCUT2D eigenvalue weighted by atomic mass is 16.5. The van der Waals surface area contributed by atoms with Crippen molar-refractivity contribution in [1.29, 1.82) is 10.5 Å². The molecule has 0 bridgehead atoms. The van der Waals surface area contributed by atoms with E-state index >= 15 is 0 Å². The summed E-state index contributed by atoms with van der Waals surface area (Å²) in [6, 6.07) is 20.6. The van der Waals surface area contributed by atoms with Crippen molar-refractivity contribution in [1.82, 2.24) is 19.1 Å². The molecule has 5 aromatic rings. The molecule has 0 N–H and O–H groups in total. The molecule has 0 spiro atoms. The Bertz CT molecular complexity index is 1910. The molecule has 0 saturated heterocycles. The van der Waals surface area contributed by atoms with Crippen LogP contribution in [0.5, 0.6) is 11.5 Å². The van der Waals surface area contributed by atoms with Gasteiger partial charge in [0, 0.05) is 47.3 Å². The summed E-state index contributed by atoms with van der Waals surface area (Å²) in [5.41, 5.74) is 5.61. The number of rotatable bonds is 7. The topological polar surface area (TPSA) is 119 Å². The average molecular weight is 531 g/mol. The van der Waals surface area contributed by atoms with Crippen molar-refractivity contribution in [2.75, 3.05) is 7.11 Å². The molecule has 5 rings (SSSR count). The maximum atomic E-state index is 12.7. The zero-order valence-electron chi connectivity index (χ0n) is 22.6. The number of para-hydroxylation sites is 1. The van der Waals surface area contributed by atoms with Crippen molar-refractivity contribution >= 4 is 10.9 Å². The molecule has 0 radical (unpaired) electrons. The maximum Gasteiger partial charge on any atom is 0.268 e. The average Bonchev–Trinajstić information content (AvgIpc) is 3.32. The molecule has 0 amide bonds. The molecule has 4 heterocycles. The van der Waals surface area contributed by atoms with Crippen molar-refractivity contribution in [3.8, 4) is 34.9 Å². The van der Waals surface area contributed by atoms with Crippen molar-refractivity contribution in [3.63, 3.8) is 0 Å². The molecule has 40 heavy (non-hydrogen) atoms. The Morgan fingerprint density at radius 2 is 1.75 bits per heavy atom. The van der Waals surface area contributed by atoms with Gasteiger partial charge < -0.3 is 18.6 Å². The quantitative estimate of drug-likeness (QED) is 0.297. The van der Waals surface area contributed by atoms with Gasteiger partial charge in [0.15, 0.2) is 0 Å². The van der Waals surface area contributed by atoms with E-state index in [0.29, 0.717) is 34.0 Å². The molecule has 9 nitrogen and oxygen atoms in total. The fourth-order valence-corrected chi connectivity index (χ4v) is 4.83. The number of nitrogens with zero attached hydrogens (tertiary/aromatic N) is 6. The number of benzene rings is 1. The monoisotopic (exact) mass is 530 g/mol. The van der Waals surface area contributed by atoms with Gasteiger partial charge in [-0.15, -0.1) is 0 Å². The smallest absolute Gasteiger partial charge is 0.268 e.